The second-order valence-corrected chi connectivity index (χ2v) is 7.70. The molecule has 0 fully saturated rings. The van der Waals surface area contributed by atoms with Crippen molar-refractivity contribution in [2.75, 3.05) is 13.1 Å². The van der Waals surface area contributed by atoms with Crippen LogP contribution in [0.25, 0.3) is 0 Å². The molecule has 1 aromatic heterocycles. The number of hydrogen-bond donors (Lipinski definition) is 2. The van der Waals surface area contributed by atoms with Crippen LogP contribution >= 0.6 is 0 Å². The molecule has 0 radical (unpaired) electrons. The zero-order valence-corrected chi connectivity index (χ0v) is 15.1. The summed E-state index contributed by atoms with van der Waals surface area (Å²) in [6, 6.07) is 9.45. The number of nitrogens with one attached hydrogen (secondary N) is 2. The summed E-state index contributed by atoms with van der Waals surface area (Å²) in [5, 5.41) is 3.51. The number of sulfone groups is 1. The quantitative estimate of drug-likeness (QED) is 0.563. The largest absolute Gasteiger partial charge is 0.468 e. The zero-order valence-electron chi connectivity index (χ0n) is 14.3. The molecule has 138 valence electrons. The summed E-state index contributed by atoms with van der Waals surface area (Å²) in [5.74, 6) is -1.62. The van der Waals surface area contributed by atoms with Crippen LogP contribution in [-0.4, -0.2) is 33.3 Å². The van der Waals surface area contributed by atoms with Gasteiger partial charge in [-0.05, 0) is 31.2 Å². The normalized spacial score (nSPS) is 12.2. The Bertz CT molecular complexity index is 871. The van der Waals surface area contributed by atoms with Gasteiger partial charge in [-0.15, -0.1) is 6.58 Å². The summed E-state index contributed by atoms with van der Waals surface area (Å²) in [5.41, 5.74) is 0.922. The fourth-order valence-electron chi connectivity index (χ4n) is 2.24. The third-order valence-corrected chi connectivity index (χ3v) is 5.72. The molecule has 0 aliphatic carbocycles. The van der Waals surface area contributed by atoms with E-state index in [1.807, 2.05) is 6.92 Å². The van der Waals surface area contributed by atoms with Crippen LogP contribution in [0.15, 0.2) is 64.6 Å². The molecule has 0 bridgehead atoms. The van der Waals surface area contributed by atoms with Gasteiger partial charge >= 0.3 is 11.8 Å². The number of aryl methyl sites for hydroxylation is 1. The van der Waals surface area contributed by atoms with E-state index in [1.165, 1.54) is 30.5 Å². The molecule has 2 aromatic rings. The monoisotopic (exact) mass is 376 g/mol. The van der Waals surface area contributed by atoms with Gasteiger partial charge in [0.25, 0.3) is 0 Å². The Labute approximate surface area is 152 Å². The predicted octanol–water partition coefficient (Wildman–Crippen LogP) is 1.52. The molecule has 8 heteroatoms. The molecule has 2 amide bonds. The average Bonchev–Trinajstić information content (AvgIpc) is 3.14. The lowest BCUT2D eigenvalue weighted by atomic mass is 10.2. The van der Waals surface area contributed by atoms with Gasteiger partial charge in [0.2, 0.25) is 0 Å². The first-order chi connectivity index (χ1) is 12.4. The molecular formula is C18H20N2O5S. The van der Waals surface area contributed by atoms with Gasteiger partial charge in [0.15, 0.2) is 9.84 Å². The van der Waals surface area contributed by atoms with Crippen molar-refractivity contribution in [3.05, 3.63) is 66.6 Å². The fraction of sp³-hybridized carbons (Fsp3) is 0.222. The average molecular weight is 376 g/mol. The third-order valence-electron chi connectivity index (χ3n) is 3.65. The van der Waals surface area contributed by atoms with Crippen LogP contribution < -0.4 is 10.6 Å². The van der Waals surface area contributed by atoms with E-state index >= 15 is 0 Å². The fourth-order valence-corrected chi connectivity index (χ4v) is 3.83. The molecule has 1 atom stereocenters. The first-order valence-electron chi connectivity index (χ1n) is 7.87. The minimum Gasteiger partial charge on any atom is -0.468 e. The smallest absolute Gasteiger partial charge is 0.309 e. The molecule has 26 heavy (non-hydrogen) atoms. The number of hydrogen-bond acceptors (Lipinski definition) is 5. The van der Waals surface area contributed by atoms with Crippen LogP contribution in [0, 0.1) is 6.92 Å². The summed E-state index contributed by atoms with van der Waals surface area (Å²) < 4.78 is 31.2. The van der Waals surface area contributed by atoms with Crippen LogP contribution in [0.2, 0.25) is 0 Å². The van der Waals surface area contributed by atoms with Crippen molar-refractivity contribution in [2.45, 2.75) is 17.1 Å². The van der Waals surface area contributed by atoms with Gasteiger partial charge in [-0.1, -0.05) is 23.8 Å². The summed E-state index contributed by atoms with van der Waals surface area (Å²) in [4.78, 5) is 23.6. The van der Waals surface area contributed by atoms with Crippen molar-refractivity contribution in [3.8, 4) is 0 Å². The SMILES string of the molecule is C=CCNC(=O)C(=O)NC[C@@H](c1ccco1)S(=O)(=O)c1ccc(C)cc1. The minimum atomic E-state index is -3.84. The van der Waals surface area contributed by atoms with E-state index in [0.717, 1.165) is 5.56 Å². The highest BCUT2D eigenvalue weighted by molar-refractivity contribution is 7.91. The van der Waals surface area contributed by atoms with E-state index in [-0.39, 0.29) is 23.7 Å². The van der Waals surface area contributed by atoms with E-state index in [1.54, 1.807) is 18.2 Å². The number of carbonyl (C=O) groups excluding carboxylic acids is 2. The Balaban J connectivity index is 2.22. The lowest BCUT2D eigenvalue weighted by Gasteiger charge is -2.16. The van der Waals surface area contributed by atoms with Crippen LogP contribution in [0.1, 0.15) is 16.6 Å². The highest BCUT2D eigenvalue weighted by Gasteiger charge is 2.32. The van der Waals surface area contributed by atoms with Gasteiger partial charge in [0.05, 0.1) is 11.2 Å². The Hall–Kier alpha value is -2.87. The maximum atomic E-state index is 13.0. The van der Waals surface area contributed by atoms with E-state index in [9.17, 15) is 18.0 Å². The Morgan fingerprint density at radius 1 is 1.15 bits per heavy atom. The van der Waals surface area contributed by atoms with Crippen LogP contribution in [0.5, 0.6) is 0 Å². The molecule has 0 spiro atoms. The Morgan fingerprint density at radius 2 is 1.81 bits per heavy atom. The third kappa shape index (κ3) is 4.60. The van der Waals surface area contributed by atoms with Crippen molar-refractivity contribution in [1.29, 1.82) is 0 Å². The summed E-state index contributed by atoms with van der Waals surface area (Å²) >= 11 is 0. The Morgan fingerprint density at radius 3 is 2.38 bits per heavy atom. The first-order valence-corrected chi connectivity index (χ1v) is 9.41. The second-order valence-electron chi connectivity index (χ2n) is 5.57. The van der Waals surface area contributed by atoms with Crippen LogP contribution in [0.4, 0.5) is 0 Å². The van der Waals surface area contributed by atoms with Crippen molar-refractivity contribution >= 4 is 21.7 Å². The highest BCUT2D eigenvalue weighted by Crippen LogP contribution is 2.29. The van der Waals surface area contributed by atoms with Gasteiger partial charge in [-0.2, -0.15) is 0 Å². The molecular weight excluding hydrogens is 356 g/mol. The number of carbonyl (C=O) groups is 2. The maximum absolute atomic E-state index is 13.0. The summed E-state index contributed by atoms with van der Waals surface area (Å²) in [6.45, 7) is 5.12. The Kier molecular flexibility index (Phi) is 6.35. The van der Waals surface area contributed by atoms with Gasteiger partial charge in [-0.3, -0.25) is 9.59 Å². The zero-order chi connectivity index (χ0) is 19.2. The van der Waals surface area contributed by atoms with Gasteiger partial charge < -0.3 is 15.1 Å². The molecule has 0 aliphatic rings. The number of rotatable bonds is 7. The summed E-state index contributed by atoms with van der Waals surface area (Å²) in [6.07, 6.45) is 2.78. The van der Waals surface area contributed by atoms with Crippen molar-refractivity contribution in [1.82, 2.24) is 10.6 Å². The number of furan rings is 1. The van der Waals surface area contributed by atoms with Crippen molar-refractivity contribution in [2.24, 2.45) is 0 Å². The minimum absolute atomic E-state index is 0.106. The first kappa shape index (κ1) is 19.5. The van der Waals surface area contributed by atoms with Gasteiger partial charge in [-0.25, -0.2) is 8.42 Å². The van der Waals surface area contributed by atoms with Gasteiger partial charge in [0, 0.05) is 13.1 Å². The molecule has 1 aromatic carbocycles. The molecule has 0 unspecified atom stereocenters. The van der Waals surface area contributed by atoms with Crippen molar-refractivity contribution in [3.63, 3.8) is 0 Å². The predicted molar refractivity (Wildman–Crippen MR) is 96.0 cm³/mol. The molecule has 2 rings (SSSR count). The summed E-state index contributed by atoms with van der Waals surface area (Å²) in [7, 11) is -3.84. The standard InChI is InChI=1S/C18H20N2O5S/c1-3-10-19-17(21)18(22)20-12-16(15-5-4-11-25-15)26(23,24)14-8-6-13(2)7-9-14/h3-9,11,16H,1,10,12H2,2H3,(H,19,21)(H,20,22)/t16-/m0/s1. The molecule has 2 N–H and O–H groups in total. The van der Waals surface area contributed by atoms with E-state index in [2.05, 4.69) is 17.2 Å². The van der Waals surface area contributed by atoms with Gasteiger partial charge in [0.1, 0.15) is 11.0 Å². The highest BCUT2D eigenvalue weighted by atomic mass is 32.2. The number of benzene rings is 1. The lowest BCUT2D eigenvalue weighted by Crippen LogP contribution is -2.42. The van der Waals surface area contributed by atoms with Crippen LogP contribution in [-0.2, 0) is 19.4 Å². The van der Waals surface area contributed by atoms with Crippen molar-refractivity contribution < 1.29 is 22.4 Å². The molecule has 1 heterocycles. The molecule has 0 aliphatic heterocycles. The van der Waals surface area contributed by atoms with E-state index in [0.29, 0.717) is 0 Å². The molecule has 7 nitrogen and oxygen atoms in total. The maximum Gasteiger partial charge on any atom is 0.309 e. The second kappa shape index (κ2) is 8.48. The molecule has 0 saturated carbocycles. The lowest BCUT2D eigenvalue weighted by molar-refractivity contribution is -0.139. The topological polar surface area (TPSA) is 105 Å². The van der Waals surface area contributed by atoms with E-state index in [4.69, 9.17) is 4.42 Å². The number of amides is 2. The van der Waals surface area contributed by atoms with Crippen LogP contribution in [0.3, 0.4) is 0 Å². The molecule has 0 saturated heterocycles. The van der Waals surface area contributed by atoms with E-state index < -0.39 is 26.9 Å².